The molecule has 0 amide bonds. The third kappa shape index (κ3) is 2.21. The summed E-state index contributed by atoms with van der Waals surface area (Å²) >= 11 is 1.49. The number of carbonyl (C=O) groups is 1. The minimum Gasteiger partial charge on any atom is -0.346 e. The molecule has 3 aromatic rings. The Hall–Kier alpha value is -2.13. The predicted octanol–water partition coefficient (Wildman–Crippen LogP) is 4.51. The van der Waals surface area contributed by atoms with E-state index in [1.165, 1.54) is 11.3 Å². The molecule has 0 spiro atoms. The predicted molar refractivity (Wildman–Crippen MR) is 84.5 cm³/mol. The van der Waals surface area contributed by atoms with Crippen molar-refractivity contribution in [2.45, 2.75) is 13.0 Å². The first kappa shape index (κ1) is 12.9. The zero-order valence-corrected chi connectivity index (χ0v) is 11.9. The molecule has 2 nitrogen and oxygen atoms in total. The van der Waals surface area contributed by atoms with Crippen molar-refractivity contribution in [3.8, 4) is 0 Å². The average Bonchev–Trinajstić information content (AvgIpc) is 3.12. The summed E-state index contributed by atoms with van der Waals surface area (Å²) < 4.78 is 2.14. The molecule has 3 heteroatoms. The lowest BCUT2D eigenvalue weighted by molar-refractivity contribution is 0.104. The number of hydrogen-bond acceptors (Lipinski definition) is 2. The third-order valence-corrected chi connectivity index (χ3v) is 4.22. The molecule has 0 saturated carbocycles. The molecular formula is C17H15NOS. The van der Waals surface area contributed by atoms with Crippen LogP contribution in [0.5, 0.6) is 0 Å². The molecule has 0 aliphatic rings. The normalized spacial score (nSPS) is 10.8. The fraction of sp³-hybridized carbons (Fsp3) is 0.118. The number of benzene rings is 1. The summed E-state index contributed by atoms with van der Waals surface area (Å²) in [4.78, 5) is 13.4. The fourth-order valence-corrected chi connectivity index (χ4v) is 3.06. The summed E-state index contributed by atoms with van der Waals surface area (Å²) in [5.74, 6) is 0.105. The molecule has 1 aromatic carbocycles. The highest BCUT2D eigenvalue weighted by Gasteiger charge is 2.16. The standard InChI is InChI=1S/C17H15NOS/c1-2-3-10-18-12-14(13-7-4-5-8-15(13)18)17(19)16-9-6-11-20-16/h2,4-9,11-12H,1,3,10H2. The van der Waals surface area contributed by atoms with Crippen molar-refractivity contribution >= 4 is 28.0 Å². The maximum absolute atomic E-state index is 12.6. The monoisotopic (exact) mass is 281 g/mol. The van der Waals surface area contributed by atoms with Crippen molar-refractivity contribution < 1.29 is 4.79 Å². The number of rotatable bonds is 5. The molecule has 3 rings (SSSR count). The summed E-state index contributed by atoms with van der Waals surface area (Å²) in [5, 5.41) is 2.96. The van der Waals surface area contributed by atoms with E-state index in [1.54, 1.807) is 0 Å². The first-order valence-electron chi connectivity index (χ1n) is 6.58. The number of thiophene rings is 1. The molecule has 0 bridgehead atoms. The van der Waals surface area contributed by atoms with E-state index in [2.05, 4.69) is 17.2 Å². The Morgan fingerprint density at radius 1 is 1.25 bits per heavy atom. The Morgan fingerprint density at radius 2 is 2.10 bits per heavy atom. The van der Waals surface area contributed by atoms with Crippen molar-refractivity contribution in [3.05, 3.63) is 71.1 Å². The van der Waals surface area contributed by atoms with Gasteiger partial charge in [0, 0.05) is 29.2 Å². The maximum atomic E-state index is 12.6. The molecule has 0 unspecified atom stereocenters. The van der Waals surface area contributed by atoms with Gasteiger partial charge in [-0.05, 0) is 23.9 Å². The topological polar surface area (TPSA) is 22.0 Å². The number of aryl methyl sites for hydroxylation is 1. The van der Waals surface area contributed by atoms with Gasteiger partial charge in [0.05, 0.1) is 4.88 Å². The Balaban J connectivity index is 2.11. The van der Waals surface area contributed by atoms with Gasteiger partial charge in [-0.3, -0.25) is 4.79 Å². The van der Waals surface area contributed by atoms with E-state index in [0.717, 1.165) is 34.3 Å². The van der Waals surface area contributed by atoms with Crippen molar-refractivity contribution in [1.82, 2.24) is 4.57 Å². The highest BCUT2D eigenvalue weighted by Crippen LogP contribution is 2.25. The molecule has 0 aliphatic heterocycles. The molecule has 0 atom stereocenters. The minimum absolute atomic E-state index is 0.105. The Morgan fingerprint density at radius 3 is 2.85 bits per heavy atom. The van der Waals surface area contributed by atoms with Crippen LogP contribution in [0.15, 0.2) is 60.6 Å². The second-order valence-electron chi connectivity index (χ2n) is 4.64. The molecular weight excluding hydrogens is 266 g/mol. The number of aromatic nitrogens is 1. The molecule has 0 fully saturated rings. The SMILES string of the molecule is C=CCCn1cc(C(=O)c2cccs2)c2ccccc21. The van der Waals surface area contributed by atoms with Gasteiger partial charge in [-0.2, -0.15) is 0 Å². The van der Waals surface area contributed by atoms with Crippen molar-refractivity contribution in [2.24, 2.45) is 0 Å². The van der Waals surface area contributed by atoms with Crippen LogP contribution >= 0.6 is 11.3 Å². The molecule has 2 aromatic heterocycles. The van der Waals surface area contributed by atoms with Gasteiger partial charge in [-0.1, -0.05) is 30.3 Å². The lowest BCUT2D eigenvalue weighted by Crippen LogP contribution is -1.98. The van der Waals surface area contributed by atoms with E-state index < -0.39 is 0 Å². The number of allylic oxidation sites excluding steroid dienone is 1. The van der Waals surface area contributed by atoms with E-state index in [4.69, 9.17) is 0 Å². The van der Waals surface area contributed by atoms with Gasteiger partial charge in [0.1, 0.15) is 0 Å². The number of nitrogens with zero attached hydrogens (tertiary/aromatic N) is 1. The molecule has 0 saturated heterocycles. The zero-order valence-electron chi connectivity index (χ0n) is 11.1. The van der Waals surface area contributed by atoms with Crippen LogP contribution in [0, 0.1) is 0 Å². The van der Waals surface area contributed by atoms with Crippen molar-refractivity contribution in [3.63, 3.8) is 0 Å². The second-order valence-corrected chi connectivity index (χ2v) is 5.58. The number of para-hydroxylation sites is 1. The van der Waals surface area contributed by atoms with E-state index in [1.807, 2.05) is 48.0 Å². The van der Waals surface area contributed by atoms with Crippen molar-refractivity contribution in [2.75, 3.05) is 0 Å². The van der Waals surface area contributed by atoms with Gasteiger partial charge < -0.3 is 4.57 Å². The number of ketones is 1. The van der Waals surface area contributed by atoms with Gasteiger partial charge in [-0.15, -0.1) is 17.9 Å². The first-order chi connectivity index (χ1) is 9.81. The second kappa shape index (κ2) is 5.47. The van der Waals surface area contributed by atoms with Crippen LogP contribution in [0.3, 0.4) is 0 Å². The van der Waals surface area contributed by atoms with Crippen LogP contribution in [-0.4, -0.2) is 10.4 Å². The number of carbonyl (C=O) groups excluding carboxylic acids is 1. The van der Waals surface area contributed by atoms with Gasteiger partial charge in [0.2, 0.25) is 5.78 Å². The van der Waals surface area contributed by atoms with Gasteiger partial charge in [-0.25, -0.2) is 0 Å². The van der Waals surface area contributed by atoms with Crippen LogP contribution in [0.1, 0.15) is 21.7 Å². The van der Waals surface area contributed by atoms with Gasteiger partial charge in [0.15, 0.2) is 0 Å². The third-order valence-electron chi connectivity index (χ3n) is 3.35. The summed E-state index contributed by atoms with van der Waals surface area (Å²) in [7, 11) is 0. The molecule has 0 radical (unpaired) electrons. The number of fused-ring (bicyclic) bond motifs is 1. The molecule has 100 valence electrons. The number of hydrogen-bond donors (Lipinski definition) is 0. The summed E-state index contributed by atoms with van der Waals surface area (Å²) in [6, 6.07) is 11.8. The van der Waals surface area contributed by atoms with E-state index in [9.17, 15) is 4.79 Å². The smallest absolute Gasteiger partial charge is 0.205 e. The van der Waals surface area contributed by atoms with E-state index in [0.29, 0.717) is 0 Å². The minimum atomic E-state index is 0.105. The zero-order chi connectivity index (χ0) is 13.9. The van der Waals surface area contributed by atoms with Crippen LogP contribution in [-0.2, 0) is 6.54 Å². The van der Waals surface area contributed by atoms with E-state index in [-0.39, 0.29) is 5.78 Å². The lowest BCUT2D eigenvalue weighted by atomic mass is 10.1. The fourth-order valence-electron chi connectivity index (χ4n) is 2.38. The summed E-state index contributed by atoms with van der Waals surface area (Å²) in [6.07, 6.45) is 4.76. The van der Waals surface area contributed by atoms with Crippen LogP contribution in [0.25, 0.3) is 10.9 Å². The van der Waals surface area contributed by atoms with E-state index >= 15 is 0 Å². The van der Waals surface area contributed by atoms with Crippen molar-refractivity contribution in [1.29, 1.82) is 0 Å². The summed E-state index contributed by atoms with van der Waals surface area (Å²) in [5.41, 5.74) is 1.89. The average molecular weight is 281 g/mol. The lowest BCUT2D eigenvalue weighted by Gasteiger charge is -2.01. The molecule has 0 aliphatic carbocycles. The van der Waals surface area contributed by atoms with Gasteiger partial charge in [0.25, 0.3) is 0 Å². The molecule has 0 N–H and O–H groups in total. The summed E-state index contributed by atoms with van der Waals surface area (Å²) in [6.45, 7) is 4.61. The first-order valence-corrected chi connectivity index (χ1v) is 7.46. The Kier molecular flexibility index (Phi) is 3.52. The Labute approximate surface area is 122 Å². The van der Waals surface area contributed by atoms with Crippen LogP contribution < -0.4 is 0 Å². The van der Waals surface area contributed by atoms with Gasteiger partial charge >= 0.3 is 0 Å². The van der Waals surface area contributed by atoms with Crippen LogP contribution in [0.4, 0.5) is 0 Å². The molecule has 20 heavy (non-hydrogen) atoms. The Bertz CT molecular complexity index is 752. The largest absolute Gasteiger partial charge is 0.346 e. The highest BCUT2D eigenvalue weighted by molar-refractivity contribution is 7.12. The van der Waals surface area contributed by atoms with Crippen LogP contribution in [0.2, 0.25) is 0 Å². The highest BCUT2D eigenvalue weighted by atomic mass is 32.1. The maximum Gasteiger partial charge on any atom is 0.205 e. The quantitative estimate of drug-likeness (QED) is 0.498. The molecule has 2 heterocycles.